The van der Waals surface area contributed by atoms with Crippen LogP contribution in [0.25, 0.3) is 0 Å². The molecule has 1 aliphatic heterocycles. The summed E-state index contributed by atoms with van der Waals surface area (Å²) in [6.07, 6.45) is 6.22. The molecular weight excluding hydrogens is 524 g/mol. The summed E-state index contributed by atoms with van der Waals surface area (Å²) in [7, 11) is 0. The van der Waals surface area contributed by atoms with Crippen LogP contribution in [0, 0.1) is 0 Å². The van der Waals surface area contributed by atoms with E-state index < -0.39 is 18.0 Å². The molecule has 2 heterocycles. The first-order chi connectivity index (χ1) is 18.8. The van der Waals surface area contributed by atoms with Crippen molar-refractivity contribution < 1.29 is 28.7 Å². The number of hydrogen-bond donors (Lipinski definition) is 3. The Hall–Kier alpha value is -3.53. The van der Waals surface area contributed by atoms with Crippen LogP contribution in [-0.4, -0.2) is 76.5 Å². The Balaban J connectivity index is 1.47. The summed E-state index contributed by atoms with van der Waals surface area (Å²) in [6, 6.07) is 9.55. The maximum atomic E-state index is 13.7. The van der Waals surface area contributed by atoms with Crippen LogP contribution < -0.4 is 10.6 Å². The number of nitrogens with zero attached hydrogens (tertiary/aromatic N) is 2. The summed E-state index contributed by atoms with van der Waals surface area (Å²) < 4.78 is 5.43. The molecule has 0 unspecified atom stereocenters. The van der Waals surface area contributed by atoms with Gasteiger partial charge in [0.05, 0.1) is 12.3 Å². The van der Waals surface area contributed by atoms with Crippen LogP contribution in [0.2, 0.25) is 5.02 Å². The third-order valence-corrected chi connectivity index (χ3v) is 7.67. The van der Waals surface area contributed by atoms with Crippen LogP contribution in [0.3, 0.4) is 0 Å². The van der Waals surface area contributed by atoms with Gasteiger partial charge in [0.15, 0.2) is 5.76 Å². The number of nitrogens with one attached hydrogen (secondary N) is 2. The second kappa shape index (κ2) is 13.5. The maximum absolute atomic E-state index is 13.7. The Bertz CT molecular complexity index is 1130. The molecule has 210 valence electrons. The largest absolute Gasteiger partial charge is 0.465 e. The number of likely N-dealkylation sites (tertiary alicyclic amines) is 1. The van der Waals surface area contributed by atoms with Gasteiger partial charge in [-0.05, 0) is 49.1 Å². The fourth-order valence-electron chi connectivity index (χ4n) is 5.51. The Morgan fingerprint density at radius 1 is 1.05 bits per heavy atom. The quantitative estimate of drug-likeness (QED) is 0.407. The predicted molar refractivity (Wildman–Crippen MR) is 144 cm³/mol. The van der Waals surface area contributed by atoms with E-state index in [1.54, 1.807) is 41.3 Å². The van der Waals surface area contributed by atoms with Gasteiger partial charge in [0.2, 0.25) is 11.8 Å². The summed E-state index contributed by atoms with van der Waals surface area (Å²) in [5.74, 6) is -0.513. The minimum Gasteiger partial charge on any atom is -0.465 e. The number of halogens is 1. The molecule has 1 aliphatic carbocycles. The van der Waals surface area contributed by atoms with E-state index in [4.69, 9.17) is 21.1 Å². The highest BCUT2D eigenvalue weighted by Crippen LogP contribution is 2.29. The van der Waals surface area contributed by atoms with Gasteiger partial charge in [-0.2, -0.15) is 0 Å². The maximum Gasteiger partial charge on any atom is 0.404 e. The fraction of sp³-hybridized carbons (Fsp3) is 0.500. The van der Waals surface area contributed by atoms with E-state index in [0.29, 0.717) is 30.3 Å². The van der Waals surface area contributed by atoms with Crippen molar-refractivity contribution in [3.63, 3.8) is 0 Å². The van der Waals surface area contributed by atoms with E-state index in [1.165, 1.54) is 6.26 Å². The first-order valence-electron chi connectivity index (χ1n) is 13.5. The molecule has 1 aromatic carbocycles. The molecule has 0 spiro atoms. The van der Waals surface area contributed by atoms with Crippen molar-refractivity contribution in [1.29, 1.82) is 0 Å². The summed E-state index contributed by atoms with van der Waals surface area (Å²) in [6.45, 7) is 0.779. The zero-order valence-electron chi connectivity index (χ0n) is 21.8. The van der Waals surface area contributed by atoms with Gasteiger partial charge in [-0.15, -0.1) is 0 Å². The van der Waals surface area contributed by atoms with Gasteiger partial charge >= 0.3 is 6.09 Å². The highest BCUT2D eigenvalue weighted by molar-refractivity contribution is 6.30. The lowest BCUT2D eigenvalue weighted by Gasteiger charge is -2.38. The molecule has 1 saturated carbocycles. The zero-order chi connectivity index (χ0) is 27.8. The molecule has 4 rings (SSSR count). The molecule has 4 amide bonds. The molecule has 2 aromatic rings. The van der Waals surface area contributed by atoms with E-state index in [9.17, 15) is 19.2 Å². The zero-order valence-corrected chi connectivity index (χ0v) is 22.6. The second-order valence-corrected chi connectivity index (χ2v) is 10.6. The van der Waals surface area contributed by atoms with Crippen molar-refractivity contribution in [2.75, 3.05) is 19.6 Å². The molecule has 39 heavy (non-hydrogen) atoms. The van der Waals surface area contributed by atoms with Gasteiger partial charge in [0.25, 0.3) is 5.91 Å². The second-order valence-electron chi connectivity index (χ2n) is 10.1. The van der Waals surface area contributed by atoms with Gasteiger partial charge in [0.1, 0.15) is 6.04 Å². The molecule has 0 bridgehead atoms. The van der Waals surface area contributed by atoms with Crippen LogP contribution >= 0.6 is 11.6 Å². The van der Waals surface area contributed by atoms with Crippen molar-refractivity contribution in [3.05, 3.63) is 59.0 Å². The minimum absolute atomic E-state index is 0.0555. The van der Waals surface area contributed by atoms with Crippen molar-refractivity contribution in [1.82, 2.24) is 20.4 Å². The molecule has 1 saturated heterocycles. The Morgan fingerprint density at radius 2 is 1.79 bits per heavy atom. The minimum atomic E-state index is -1.22. The van der Waals surface area contributed by atoms with Gasteiger partial charge in [-0.3, -0.25) is 14.4 Å². The predicted octanol–water partition coefficient (Wildman–Crippen LogP) is 3.69. The SMILES string of the molecule is O=C(O)NCCC(=O)N[C@H](Cc1ccc(Cl)cc1)C(=O)N1CC[C@H](N(C(=O)c2ccco2)C2CCCCC2)C1. The van der Waals surface area contributed by atoms with Gasteiger partial charge in [0, 0.05) is 43.5 Å². The molecule has 1 aromatic heterocycles. The molecule has 2 atom stereocenters. The average Bonchev–Trinajstić information content (AvgIpc) is 3.63. The normalized spacial score (nSPS) is 18.4. The molecule has 10 nitrogen and oxygen atoms in total. The standard InChI is InChI=1S/C28H35ClN4O6/c29-20-10-8-19(9-11-20)17-23(31-25(34)12-14-30-28(37)38)26(35)32-15-13-22(18-32)33(21-5-2-1-3-6-21)27(36)24-7-4-16-39-24/h4,7-11,16,21-23,30H,1-3,5-6,12-15,17-18H2,(H,31,34)(H,37,38)/t22-,23+/m0/s1. The number of carbonyl (C=O) groups excluding carboxylic acids is 3. The number of carbonyl (C=O) groups is 4. The van der Waals surface area contributed by atoms with Crippen molar-refractivity contribution in [2.45, 2.75) is 69.5 Å². The lowest BCUT2D eigenvalue weighted by molar-refractivity contribution is -0.135. The third kappa shape index (κ3) is 7.75. The third-order valence-electron chi connectivity index (χ3n) is 7.42. The van der Waals surface area contributed by atoms with Gasteiger partial charge < -0.3 is 30.0 Å². The monoisotopic (exact) mass is 558 g/mol. The lowest BCUT2D eigenvalue weighted by Crippen LogP contribution is -2.52. The lowest BCUT2D eigenvalue weighted by atomic mass is 9.92. The Labute approximate surface area is 232 Å². The van der Waals surface area contributed by atoms with E-state index in [1.807, 2.05) is 4.90 Å². The number of furan rings is 1. The van der Waals surface area contributed by atoms with E-state index >= 15 is 0 Å². The number of amides is 4. The number of carboxylic acid groups (broad SMARTS) is 1. The molecule has 3 N–H and O–H groups in total. The van der Waals surface area contributed by atoms with Crippen LogP contribution in [0.1, 0.15) is 61.1 Å². The Kier molecular flexibility index (Phi) is 9.86. The molecule has 2 aliphatic rings. The molecule has 0 radical (unpaired) electrons. The number of benzene rings is 1. The van der Waals surface area contributed by atoms with Gasteiger partial charge in [-0.1, -0.05) is 43.0 Å². The average molecular weight is 559 g/mol. The number of hydrogen-bond acceptors (Lipinski definition) is 5. The smallest absolute Gasteiger partial charge is 0.404 e. The van der Waals surface area contributed by atoms with Crippen LogP contribution in [0.4, 0.5) is 4.79 Å². The summed E-state index contributed by atoms with van der Waals surface area (Å²) in [5.41, 5.74) is 0.828. The van der Waals surface area contributed by atoms with Crippen LogP contribution in [-0.2, 0) is 16.0 Å². The van der Waals surface area contributed by atoms with E-state index in [0.717, 1.165) is 37.7 Å². The first kappa shape index (κ1) is 28.5. The highest BCUT2D eigenvalue weighted by atomic mass is 35.5. The highest BCUT2D eigenvalue weighted by Gasteiger charge is 2.39. The van der Waals surface area contributed by atoms with Crippen molar-refractivity contribution in [3.8, 4) is 0 Å². The van der Waals surface area contributed by atoms with Crippen molar-refractivity contribution >= 4 is 35.4 Å². The van der Waals surface area contributed by atoms with Crippen LogP contribution in [0.15, 0.2) is 47.1 Å². The van der Waals surface area contributed by atoms with Gasteiger partial charge in [-0.25, -0.2) is 4.79 Å². The summed E-state index contributed by atoms with van der Waals surface area (Å²) in [4.78, 5) is 54.2. The molecule has 11 heteroatoms. The molecule has 2 fully saturated rings. The topological polar surface area (TPSA) is 132 Å². The van der Waals surface area contributed by atoms with Crippen LogP contribution in [0.5, 0.6) is 0 Å². The van der Waals surface area contributed by atoms with E-state index in [2.05, 4.69) is 10.6 Å². The Morgan fingerprint density at radius 3 is 2.46 bits per heavy atom. The summed E-state index contributed by atoms with van der Waals surface area (Å²) in [5, 5.41) is 14.3. The summed E-state index contributed by atoms with van der Waals surface area (Å²) >= 11 is 6.01. The van der Waals surface area contributed by atoms with Crippen molar-refractivity contribution in [2.24, 2.45) is 0 Å². The number of rotatable bonds is 10. The van der Waals surface area contributed by atoms with E-state index in [-0.39, 0.29) is 43.3 Å². The first-order valence-corrected chi connectivity index (χ1v) is 13.8. The molecular formula is C28H35ClN4O6. The fourth-order valence-corrected chi connectivity index (χ4v) is 5.64.